The number of fused-ring (bicyclic) bond motifs is 1. The number of thiazole rings is 1. The van der Waals surface area contributed by atoms with Gasteiger partial charge in [-0.3, -0.25) is 9.20 Å². The first kappa shape index (κ1) is 17.4. The Bertz CT molecular complexity index is 1100. The Morgan fingerprint density at radius 3 is 2.81 bits per heavy atom. The van der Waals surface area contributed by atoms with Crippen LogP contribution in [0.1, 0.15) is 16.8 Å². The molecular formula is C21H18FN3OS. The number of carbonyl (C=O) groups excluding carboxylic acids is 1. The molecule has 27 heavy (non-hydrogen) atoms. The van der Waals surface area contributed by atoms with Crippen LogP contribution in [0, 0.1) is 12.7 Å². The van der Waals surface area contributed by atoms with E-state index in [2.05, 4.69) is 10.3 Å². The third-order valence-electron chi connectivity index (χ3n) is 4.42. The predicted octanol–water partition coefficient (Wildman–Crippen LogP) is 4.37. The zero-order chi connectivity index (χ0) is 18.8. The molecule has 0 atom stereocenters. The first-order valence-electron chi connectivity index (χ1n) is 8.63. The van der Waals surface area contributed by atoms with Gasteiger partial charge in [-0.1, -0.05) is 42.5 Å². The molecule has 2 heterocycles. The summed E-state index contributed by atoms with van der Waals surface area (Å²) in [6, 6.07) is 15.0. The summed E-state index contributed by atoms with van der Waals surface area (Å²) in [5.74, 6) is -0.362. The number of hydrogen-bond donors (Lipinski definition) is 1. The van der Waals surface area contributed by atoms with Crippen LogP contribution in [0.2, 0.25) is 0 Å². The van der Waals surface area contributed by atoms with Gasteiger partial charge in [0.1, 0.15) is 5.82 Å². The molecule has 0 radical (unpaired) electrons. The molecule has 0 aliphatic carbocycles. The zero-order valence-electron chi connectivity index (χ0n) is 14.8. The lowest BCUT2D eigenvalue weighted by Crippen LogP contribution is -2.25. The number of imidazole rings is 1. The number of amides is 1. The number of aromatic nitrogens is 2. The number of halogens is 1. The van der Waals surface area contributed by atoms with Crippen LogP contribution in [0.25, 0.3) is 16.2 Å². The quantitative estimate of drug-likeness (QED) is 0.560. The first-order chi connectivity index (χ1) is 13.1. The number of aryl methyl sites for hydroxylation is 1. The van der Waals surface area contributed by atoms with E-state index < -0.39 is 0 Å². The van der Waals surface area contributed by atoms with Crippen LogP contribution in [0.15, 0.2) is 60.1 Å². The van der Waals surface area contributed by atoms with Crippen molar-refractivity contribution in [2.45, 2.75) is 19.9 Å². The van der Waals surface area contributed by atoms with Crippen molar-refractivity contribution in [2.75, 3.05) is 0 Å². The molecule has 0 aliphatic rings. The van der Waals surface area contributed by atoms with Crippen molar-refractivity contribution in [1.29, 1.82) is 0 Å². The van der Waals surface area contributed by atoms with Gasteiger partial charge in [-0.25, -0.2) is 9.37 Å². The summed E-state index contributed by atoms with van der Waals surface area (Å²) in [5.41, 5.74) is 4.16. The number of carbonyl (C=O) groups is 1. The lowest BCUT2D eigenvalue weighted by molar-refractivity contribution is -0.120. The second-order valence-electron chi connectivity index (χ2n) is 6.41. The molecule has 1 amide bonds. The van der Waals surface area contributed by atoms with E-state index in [9.17, 15) is 9.18 Å². The Kier molecular flexibility index (Phi) is 4.73. The van der Waals surface area contributed by atoms with Gasteiger partial charge < -0.3 is 5.32 Å². The molecule has 0 saturated carbocycles. The second-order valence-corrected chi connectivity index (χ2v) is 7.25. The van der Waals surface area contributed by atoms with E-state index in [4.69, 9.17) is 0 Å². The fourth-order valence-corrected chi connectivity index (χ4v) is 3.75. The fourth-order valence-electron chi connectivity index (χ4n) is 2.88. The number of hydrogen-bond acceptors (Lipinski definition) is 3. The zero-order valence-corrected chi connectivity index (χ0v) is 15.6. The maximum Gasteiger partial charge on any atom is 0.226 e. The van der Waals surface area contributed by atoms with Crippen LogP contribution in [-0.4, -0.2) is 15.3 Å². The van der Waals surface area contributed by atoms with Crippen LogP contribution in [0.5, 0.6) is 0 Å². The summed E-state index contributed by atoms with van der Waals surface area (Å²) in [6.07, 6.45) is 2.21. The van der Waals surface area contributed by atoms with Crippen LogP contribution in [0.3, 0.4) is 0 Å². The third kappa shape index (κ3) is 3.75. The molecule has 136 valence electrons. The van der Waals surface area contributed by atoms with Gasteiger partial charge in [0.15, 0.2) is 4.96 Å². The van der Waals surface area contributed by atoms with Crippen LogP contribution in [0.4, 0.5) is 4.39 Å². The van der Waals surface area contributed by atoms with Crippen molar-refractivity contribution in [3.63, 3.8) is 0 Å². The van der Waals surface area contributed by atoms with Gasteiger partial charge in [0.05, 0.1) is 12.1 Å². The molecule has 0 unspecified atom stereocenters. The number of benzene rings is 2. The maximum atomic E-state index is 13.6. The minimum absolute atomic E-state index is 0.106. The summed E-state index contributed by atoms with van der Waals surface area (Å²) in [6.45, 7) is 2.02. The van der Waals surface area contributed by atoms with Crippen LogP contribution in [-0.2, 0) is 17.8 Å². The highest BCUT2D eigenvalue weighted by atomic mass is 32.1. The largest absolute Gasteiger partial charge is 0.352 e. The van der Waals surface area contributed by atoms with Crippen molar-refractivity contribution >= 4 is 22.2 Å². The van der Waals surface area contributed by atoms with Crippen molar-refractivity contribution < 1.29 is 9.18 Å². The lowest BCUT2D eigenvalue weighted by atomic mass is 10.1. The lowest BCUT2D eigenvalue weighted by Gasteiger charge is -2.06. The highest BCUT2D eigenvalue weighted by Gasteiger charge is 2.12. The predicted molar refractivity (Wildman–Crippen MR) is 105 cm³/mol. The molecule has 4 rings (SSSR count). The van der Waals surface area contributed by atoms with E-state index in [1.54, 1.807) is 13.0 Å². The van der Waals surface area contributed by atoms with Crippen molar-refractivity contribution in [2.24, 2.45) is 0 Å². The van der Waals surface area contributed by atoms with Gasteiger partial charge in [-0.2, -0.15) is 0 Å². The Morgan fingerprint density at radius 1 is 1.22 bits per heavy atom. The highest BCUT2D eigenvalue weighted by Crippen LogP contribution is 2.23. The summed E-state index contributed by atoms with van der Waals surface area (Å²) in [5, 5.41) is 4.80. The molecule has 1 N–H and O–H groups in total. The summed E-state index contributed by atoms with van der Waals surface area (Å²) >= 11 is 1.51. The fraction of sp³-hybridized carbons (Fsp3) is 0.143. The molecule has 2 aromatic heterocycles. The normalized spacial score (nSPS) is 11.0. The van der Waals surface area contributed by atoms with Gasteiger partial charge in [-0.15, -0.1) is 11.3 Å². The second kappa shape index (κ2) is 7.32. The molecule has 4 nitrogen and oxygen atoms in total. The first-order valence-corrected chi connectivity index (χ1v) is 9.51. The third-order valence-corrected chi connectivity index (χ3v) is 5.31. The number of rotatable bonds is 5. The maximum absolute atomic E-state index is 13.6. The highest BCUT2D eigenvalue weighted by molar-refractivity contribution is 7.15. The van der Waals surface area contributed by atoms with E-state index in [-0.39, 0.29) is 18.1 Å². The minimum Gasteiger partial charge on any atom is -0.352 e. The summed E-state index contributed by atoms with van der Waals surface area (Å²) < 4.78 is 15.6. The van der Waals surface area contributed by atoms with Crippen LogP contribution < -0.4 is 5.32 Å². The molecule has 6 heteroatoms. The van der Waals surface area contributed by atoms with E-state index in [1.807, 2.05) is 52.4 Å². The van der Waals surface area contributed by atoms with Crippen molar-refractivity contribution in [1.82, 2.24) is 14.7 Å². The van der Waals surface area contributed by atoms with Gasteiger partial charge in [-0.05, 0) is 24.1 Å². The summed E-state index contributed by atoms with van der Waals surface area (Å²) in [4.78, 5) is 17.8. The Balaban J connectivity index is 1.45. The van der Waals surface area contributed by atoms with E-state index in [0.29, 0.717) is 12.1 Å². The average molecular weight is 379 g/mol. The molecule has 4 aromatic rings. The van der Waals surface area contributed by atoms with Crippen LogP contribution >= 0.6 is 11.3 Å². The van der Waals surface area contributed by atoms with Gasteiger partial charge >= 0.3 is 0 Å². The average Bonchev–Trinajstić information content (AvgIpc) is 3.25. The van der Waals surface area contributed by atoms with Gasteiger partial charge in [0.2, 0.25) is 5.91 Å². The summed E-state index contributed by atoms with van der Waals surface area (Å²) in [7, 11) is 0. The Hall–Kier alpha value is -2.99. The molecule has 0 aliphatic heterocycles. The smallest absolute Gasteiger partial charge is 0.226 e. The Labute approximate surface area is 160 Å². The van der Waals surface area contributed by atoms with E-state index in [1.165, 1.54) is 17.4 Å². The standard InChI is InChI=1S/C21H18FN3OS/c1-14-7-8-15(9-18(14)22)11-23-20(26)10-17-13-27-21-24-19(12-25(17)21)16-5-3-2-4-6-16/h2-9,12-13H,10-11H2,1H3,(H,23,26). The topological polar surface area (TPSA) is 46.4 Å². The molecule has 0 spiro atoms. The molecule has 0 fully saturated rings. The SMILES string of the molecule is Cc1ccc(CNC(=O)Cc2csc3nc(-c4ccccc4)cn23)cc1F. The number of nitrogens with zero attached hydrogens (tertiary/aromatic N) is 2. The molecule has 0 saturated heterocycles. The Morgan fingerprint density at radius 2 is 2.04 bits per heavy atom. The van der Waals surface area contributed by atoms with Gasteiger partial charge in [0.25, 0.3) is 0 Å². The van der Waals surface area contributed by atoms with E-state index in [0.717, 1.165) is 27.5 Å². The molecule has 2 aromatic carbocycles. The van der Waals surface area contributed by atoms with E-state index >= 15 is 0 Å². The molecule has 0 bridgehead atoms. The minimum atomic E-state index is -0.256. The van der Waals surface area contributed by atoms with Crippen molar-refractivity contribution in [3.8, 4) is 11.3 Å². The molecular weight excluding hydrogens is 361 g/mol. The van der Waals surface area contributed by atoms with Gasteiger partial charge in [0, 0.05) is 29.4 Å². The number of nitrogens with one attached hydrogen (secondary N) is 1. The monoisotopic (exact) mass is 379 g/mol. The van der Waals surface area contributed by atoms with Crippen molar-refractivity contribution in [3.05, 3.63) is 82.7 Å².